The van der Waals surface area contributed by atoms with Gasteiger partial charge in [-0.15, -0.1) is 0 Å². The molecule has 2 aliphatic rings. The van der Waals surface area contributed by atoms with E-state index in [-0.39, 0.29) is 48.6 Å². The van der Waals surface area contributed by atoms with E-state index in [4.69, 9.17) is 0 Å². The van der Waals surface area contributed by atoms with Gasteiger partial charge >= 0.3 is 0 Å². The predicted octanol–water partition coefficient (Wildman–Crippen LogP) is 5.01. The van der Waals surface area contributed by atoms with Crippen LogP contribution in [-0.2, 0) is 16.1 Å². The minimum Gasteiger partial charge on any atom is -0.328 e. The van der Waals surface area contributed by atoms with Gasteiger partial charge in [0, 0.05) is 43.1 Å². The number of halogens is 1. The van der Waals surface area contributed by atoms with E-state index in [9.17, 15) is 18.8 Å². The van der Waals surface area contributed by atoms with Crippen molar-refractivity contribution in [3.05, 3.63) is 77.5 Å². The Morgan fingerprint density at radius 1 is 1.00 bits per heavy atom. The molecule has 2 fully saturated rings. The summed E-state index contributed by atoms with van der Waals surface area (Å²) in [6, 6.07) is 12.9. The molecule has 210 valence electrons. The van der Waals surface area contributed by atoms with E-state index in [1.807, 2.05) is 24.3 Å². The molecule has 0 N–H and O–H groups in total. The van der Waals surface area contributed by atoms with Gasteiger partial charge in [0.05, 0.1) is 18.1 Å². The molecular weight excluding hydrogens is 521 g/mol. The number of fused-ring (bicyclic) bond motifs is 1. The lowest BCUT2D eigenvalue weighted by Gasteiger charge is -2.23. The fourth-order valence-electron chi connectivity index (χ4n) is 6.12. The first-order valence-electron chi connectivity index (χ1n) is 14.0. The van der Waals surface area contributed by atoms with E-state index < -0.39 is 12.2 Å². The molecule has 2 aromatic carbocycles. The van der Waals surface area contributed by atoms with E-state index in [0.29, 0.717) is 29.1 Å². The molecule has 1 saturated carbocycles. The molecule has 4 aromatic rings. The van der Waals surface area contributed by atoms with Gasteiger partial charge in [0.1, 0.15) is 24.2 Å². The van der Waals surface area contributed by atoms with Gasteiger partial charge in [-0.3, -0.25) is 19.1 Å². The fraction of sp³-hybridized carbons (Fsp3) is 0.375. The number of amides is 1. The van der Waals surface area contributed by atoms with Crippen LogP contribution in [0, 0.1) is 19.8 Å². The van der Waals surface area contributed by atoms with Gasteiger partial charge in [-0.25, -0.2) is 14.4 Å². The number of aryl methyl sites for hydroxylation is 2. The number of rotatable bonds is 8. The van der Waals surface area contributed by atoms with Gasteiger partial charge in [-0.05, 0) is 60.9 Å². The van der Waals surface area contributed by atoms with E-state index in [1.165, 1.54) is 27.6 Å². The SMILES string of the molecule is CC(=O)c1nn(CC(=O)N2C[C@H](F)C[C@H]2C(=O)CC2C[C@H]2c2ccccc2C)c2ccc(-c3cnc(C)nc3)cc12. The van der Waals surface area contributed by atoms with Crippen LogP contribution < -0.4 is 0 Å². The molecule has 1 saturated heterocycles. The van der Waals surface area contributed by atoms with Crippen LogP contribution in [0.4, 0.5) is 4.39 Å². The quantitative estimate of drug-likeness (QED) is 0.285. The number of alkyl halides is 1. The molecule has 6 rings (SSSR count). The van der Waals surface area contributed by atoms with Crippen molar-refractivity contribution in [2.45, 2.75) is 64.7 Å². The summed E-state index contributed by atoms with van der Waals surface area (Å²) in [6.45, 7) is 5.01. The van der Waals surface area contributed by atoms with Gasteiger partial charge in [0.15, 0.2) is 11.6 Å². The summed E-state index contributed by atoms with van der Waals surface area (Å²) >= 11 is 0. The predicted molar refractivity (Wildman–Crippen MR) is 152 cm³/mol. The number of likely N-dealkylation sites (tertiary alicyclic amines) is 1. The molecular formula is C32H32FN5O3. The molecule has 3 heterocycles. The second-order valence-corrected chi connectivity index (χ2v) is 11.3. The lowest BCUT2D eigenvalue weighted by molar-refractivity contribution is -0.138. The van der Waals surface area contributed by atoms with Gasteiger partial charge in [0.25, 0.3) is 0 Å². The average molecular weight is 554 g/mol. The second-order valence-electron chi connectivity index (χ2n) is 11.3. The van der Waals surface area contributed by atoms with Crippen LogP contribution in [0.5, 0.6) is 0 Å². The van der Waals surface area contributed by atoms with Crippen molar-refractivity contribution in [2.24, 2.45) is 5.92 Å². The zero-order chi connectivity index (χ0) is 28.8. The Hall–Kier alpha value is -4.27. The van der Waals surface area contributed by atoms with Crippen molar-refractivity contribution in [2.75, 3.05) is 6.54 Å². The molecule has 1 aliphatic heterocycles. The van der Waals surface area contributed by atoms with Crippen molar-refractivity contribution in [1.29, 1.82) is 0 Å². The highest BCUT2D eigenvalue weighted by Gasteiger charge is 2.45. The van der Waals surface area contributed by atoms with Crippen LogP contribution in [0.2, 0.25) is 0 Å². The normalized spacial score (nSPS) is 21.8. The standard InChI is InChI=1S/C32H32FN5O3/c1-18-6-4-5-7-25(18)26-11-22(26)12-30(40)29-13-24(33)16-37(29)31(41)17-38-28-9-8-21(23-14-34-20(3)35-15-23)10-27(28)32(36-38)19(2)39/h4-10,14-15,22,24,26,29H,11-13,16-17H2,1-3H3/t22?,24-,26-,29+/m1/s1. The molecule has 8 nitrogen and oxygen atoms in total. The first-order chi connectivity index (χ1) is 19.7. The molecule has 0 radical (unpaired) electrons. The number of hydrogen-bond acceptors (Lipinski definition) is 6. The number of carbonyl (C=O) groups excluding carboxylic acids is 3. The minimum absolute atomic E-state index is 0.0207. The van der Waals surface area contributed by atoms with E-state index >= 15 is 0 Å². The maximum Gasteiger partial charge on any atom is 0.245 e. The smallest absolute Gasteiger partial charge is 0.245 e. The molecule has 9 heteroatoms. The first kappa shape index (κ1) is 26.9. The average Bonchev–Trinajstić information content (AvgIpc) is 3.43. The van der Waals surface area contributed by atoms with Crippen molar-refractivity contribution < 1.29 is 18.8 Å². The summed E-state index contributed by atoms with van der Waals surface area (Å²) in [5.41, 5.74) is 4.95. The van der Waals surface area contributed by atoms with Gasteiger partial charge < -0.3 is 4.90 Å². The third kappa shape index (κ3) is 5.28. The van der Waals surface area contributed by atoms with Crippen LogP contribution in [0.3, 0.4) is 0 Å². The van der Waals surface area contributed by atoms with Crippen molar-refractivity contribution in [3.8, 4) is 11.1 Å². The molecule has 41 heavy (non-hydrogen) atoms. The summed E-state index contributed by atoms with van der Waals surface area (Å²) in [5, 5.41) is 5.07. The molecule has 0 bridgehead atoms. The summed E-state index contributed by atoms with van der Waals surface area (Å²) in [7, 11) is 0. The number of benzene rings is 2. The third-order valence-corrected chi connectivity index (χ3v) is 8.40. The molecule has 4 atom stereocenters. The van der Waals surface area contributed by atoms with E-state index in [0.717, 1.165) is 17.5 Å². The monoisotopic (exact) mass is 553 g/mol. The Labute approximate surface area is 237 Å². The number of carbonyl (C=O) groups is 3. The minimum atomic E-state index is -1.25. The van der Waals surface area contributed by atoms with Crippen molar-refractivity contribution >= 4 is 28.4 Å². The molecule has 1 amide bonds. The van der Waals surface area contributed by atoms with Gasteiger partial charge in [-0.1, -0.05) is 30.3 Å². The molecule has 1 unspecified atom stereocenters. The van der Waals surface area contributed by atoms with Crippen LogP contribution >= 0.6 is 0 Å². The zero-order valence-corrected chi connectivity index (χ0v) is 23.4. The maximum atomic E-state index is 14.6. The number of nitrogens with zero attached hydrogens (tertiary/aromatic N) is 5. The lowest BCUT2D eigenvalue weighted by atomic mass is 9.99. The Morgan fingerprint density at radius 3 is 2.49 bits per heavy atom. The Balaban J connectivity index is 1.20. The highest BCUT2D eigenvalue weighted by Crippen LogP contribution is 2.51. The second kappa shape index (κ2) is 10.6. The number of ketones is 2. The summed E-state index contributed by atoms with van der Waals surface area (Å²) < 4.78 is 16.1. The van der Waals surface area contributed by atoms with E-state index in [2.05, 4.69) is 34.1 Å². The van der Waals surface area contributed by atoms with Crippen molar-refractivity contribution in [3.63, 3.8) is 0 Å². The van der Waals surface area contributed by atoms with Crippen LogP contribution in [-0.4, -0.2) is 60.9 Å². The Morgan fingerprint density at radius 2 is 1.76 bits per heavy atom. The first-order valence-corrected chi connectivity index (χ1v) is 14.0. The van der Waals surface area contributed by atoms with Gasteiger partial charge in [0.2, 0.25) is 5.91 Å². The summed E-state index contributed by atoms with van der Waals surface area (Å²) in [5.74, 6) is 0.515. The van der Waals surface area contributed by atoms with Gasteiger partial charge in [-0.2, -0.15) is 5.10 Å². The number of aromatic nitrogens is 4. The summed E-state index contributed by atoms with van der Waals surface area (Å²) in [6.07, 6.45) is 3.47. The lowest BCUT2D eigenvalue weighted by Crippen LogP contribution is -2.42. The Bertz CT molecular complexity index is 1660. The Kier molecular flexibility index (Phi) is 6.97. The third-order valence-electron chi connectivity index (χ3n) is 8.40. The molecule has 1 aliphatic carbocycles. The molecule has 2 aromatic heterocycles. The topological polar surface area (TPSA) is 98.1 Å². The van der Waals surface area contributed by atoms with E-state index in [1.54, 1.807) is 25.4 Å². The fourth-order valence-corrected chi connectivity index (χ4v) is 6.12. The number of hydrogen-bond donors (Lipinski definition) is 0. The summed E-state index contributed by atoms with van der Waals surface area (Å²) in [4.78, 5) is 49.2. The maximum absolute atomic E-state index is 14.6. The van der Waals surface area contributed by atoms with Crippen molar-refractivity contribution in [1.82, 2.24) is 24.6 Å². The van der Waals surface area contributed by atoms with Crippen LogP contribution in [0.25, 0.3) is 22.0 Å². The van der Waals surface area contributed by atoms with Crippen LogP contribution in [0.15, 0.2) is 54.9 Å². The largest absolute Gasteiger partial charge is 0.328 e. The highest BCUT2D eigenvalue weighted by molar-refractivity contribution is 6.06. The number of Topliss-reactive ketones (excluding diaryl/α,β-unsaturated/α-hetero) is 2. The molecule has 0 spiro atoms. The van der Waals surface area contributed by atoms with Crippen LogP contribution in [0.1, 0.15) is 59.5 Å². The zero-order valence-electron chi connectivity index (χ0n) is 23.4. The highest BCUT2D eigenvalue weighted by atomic mass is 19.1.